The van der Waals surface area contributed by atoms with Gasteiger partial charge in [-0.05, 0) is 36.9 Å². The Labute approximate surface area is 95.7 Å². The predicted molar refractivity (Wildman–Crippen MR) is 64.2 cm³/mol. The molecule has 1 saturated heterocycles. The Morgan fingerprint density at radius 1 is 1.14 bits per heavy atom. The first-order valence-corrected chi connectivity index (χ1v) is 5.26. The molecule has 0 bridgehead atoms. The normalized spacial score (nSPS) is 28.9. The van der Waals surface area contributed by atoms with E-state index in [4.69, 9.17) is 0 Å². The second-order valence-electron chi connectivity index (χ2n) is 4.19. The van der Waals surface area contributed by atoms with Crippen LogP contribution in [0, 0.1) is 0 Å². The minimum Gasteiger partial charge on any atom is -0.313 e. The molecule has 1 fully saturated rings. The molecule has 14 heavy (non-hydrogen) atoms. The van der Waals surface area contributed by atoms with Gasteiger partial charge in [-0.1, -0.05) is 24.3 Å². The smallest absolute Gasteiger partial charge is 0.0139 e. The molecule has 2 atom stereocenters. The Balaban J connectivity index is 0.000000750. The molecule has 76 valence electrons. The van der Waals surface area contributed by atoms with Gasteiger partial charge in [0, 0.05) is 12.0 Å². The molecule has 1 heterocycles. The van der Waals surface area contributed by atoms with Crippen molar-refractivity contribution >= 4 is 17.0 Å². The minimum absolute atomic E-state index is 0. The molecule has 1 aliphatic heterocycles. The monoisotopic (exact) mass is 253 g/mol. The van der Waals surface area contributed by atoms with Crippen LogP contribution in [-0.4, -0.2) is 12.6 Å². The third-order valence-electron chi connectivity index (χ3n) is 3.53. The van der Waals surface area contributed by atoms with Gasteiger partial charge in [0.2, 0.25) is 0 Å². The van der Waals surface area contributed by atoms with Crippen LogP contribution in [0.15, 0.2) is 24.3 Å². The van der Waals surface area contributed by atoms with E-state index >= 15 is 0 Å². The summed E-state index contributed by atoms with van der Waals surface area (Å²) >= 11 is 0. The van der Waals surface area contributed by atoms with Gasteiger partial charge in [-0.2, -0.15) is 0 Å². The van der Waals surface area contributed by atoms with E-state index in [0.717, 1.165) is 12.0 Å². The van der Waals surface area contributed by atoms with Crippen molar-refractivity contribution in [2.24, 2.45) is 0 Å². The highest BCUT2D eigenvalue weighted by molar-refractivity contribution is 8.93. The van der Waals surface area contributed by atoms with E-state index in [1.165, 1.54) is 25.8 Å². The summed E-state index contributed by atoms with van der Waals surface area (Å²) in [7, 11) is 0. The average Bonchev–Trinajstić information content (AvgIpc) is 2.65. The number of benzene rings is 1. The van der Waals surface area contributed by atoms with E-state index in [1.807, 2.05) is 0 Å². The predicted octanol–water partition coefficient (Wildman–Crippen LogP) is 2.66. The lowest BCUT2D eigenvalue weighted by Gasteiger charge is -2.27. The van der Waals surface area contributed by atoms with E-state index in [0.29, 0.717) is 0 Å². The SMILES string of the molecule is Br.c1ccc2c(c1)CC[C@@H]1NCC[C@H]21. The molecular weight excluding hydrogens is 238 g/mol. The third-order valence-corrected chi connectivity index (χ3v) is 3.53. The van der Waals surface area contributed by atoms with Gasteiger partial charge in [0.1, 0.15) is 0 Å². The summed E-state index contributed by atoms with van der Waals surface area (Å²) in [5, 5.41) is 3.60. The maximum Gasteiger partial charge on any atom is 0.0139 e. The van der Waals surface area contributed by atoms with E-state index < -0.39 is 0 Å². The summed E-state index contributed by atoms with van der Waals surface area (Å²) in [6, 6.07) is 9.74. The van der Waals surface area contributed by atoms with Crippen molar-refractivity contribution in [2.75, 3.05) is 6.54 Å². The zero-order valence-corrected chi connectivity index (χ0v) is 9.91. The number of halogens is 1. The second-order valence-corrected chi connectivity index (χ2v) is 4.19. The van der Waals surface area contributed by atoms with Crippen molar-refractivity contribution < 1.29 is 0 Å². The van der Waals surface area contributed by atoms with E-state index in [1.54, 1.807) is 11.1 Å². The van der Waals surface area contributed by atoms with Crippen molar-refractivity contribution in [3.8, 4) is 0 Å². The molecule has 0 amide bonds. The van der Waals surface area contributed by atoms with Gasteiger partial charge in [0.15, 0.2) is 0 Å². The largest absolute Gasteiger partial charge is 0.313 e. The quantitative estimate of drug-likeness (QED) is 0.750. The minimum atomic E-state index is 0. The summed E-state index contributed by atoms with van der Waals surface area (Å²) in [6.07, 6.45) is 3.94. The van der Waals surface area contributed by atoms with Crippen LogP contribution in [0.4, 0.5) is 0 Å². The highest BCUT2D eigenvalue weighted by Crippen LogP contribution is 2.36. The molecule has 0 aromatic heterocycles. The highest BCUT2D eigenvalue weighted by Gasteiger charge is 2.32. The molecule has 1 nitrogen and oxygen atoms in total. The van der Waals surface area contributed by atoms with Gasteiger partial charge in [0.25, 0.3) is 0 Å². The molecule has 1 aliphatic carbocycles. The Morgan fingerprint density at radius 3 is 2.93 bits per heavy atom. The topological polar surface area (TPSA) is 12.0 Å². The first-order valence-electron chi connectivity index (χ1n) is 5.26. The first kappa shape index (κ1) is 10.2. The number of rotatable bonds is 0. The maximum atomic E-state index is 3.60. The van der Waals surface area contributed by atoms with Crippen molar-refractivity contribution in [2.45, 2.75) is 31.2 Å². The maximum absolute atomic E-state index is 3.60. The van der Waals surface area contributed by atoms with E-state index in [-0.39, 0.29) is 17.0 Å². The van der Waals surface area contributed by atoms with Crippen LogP contribution in [0.1, 0.15) is 29.9 Å². The van der Waals surface area contributed by atoms with Gasteiger partial charge < -0.3 is 5.32 Å². The molecule has 2 aliphatic rings. The van der Waals surface area contributed by atoms with Crippen LogP contribution >= 0.6 is 17.0 Å². The van der Waals surface area contributed by atoms with Crippen LogP contribution in [0.5, 0.6) is 0 Å². The fourth-order valence-corrected chi connectivity index (χ4v) is 2.88. The van der Waals surface area contributed by atoms with Crippen LogP contribution in [-0.2, 0) is 6.42 Å². The van der Waals surface area contributed by atoms with E-state index in [2.05, 4.69) is 29.6 Å². The van der Waals surface area contributed by atoms with Crippen LogP contribution < -0.4 is 5.32 Å². The van der Waals surface area contributed by atoms with Crippen molar-refractivity contribution in [3.63, 3.8) is 0 Å². The molecular formula is C12H16BrN. The standard InChI is InChI=1S/C12H15N.BrH/c1-2-4-10-9(3-1)5-6-12-11(10)7-8-13-12;/h1-4,11-13H,5-8H2;1H/t11-,12+;/m1./s1. The molecule has 1 aromatic carbocycles. The van der Waals surface area contributed by atoms with Gasteiger partial charge in [-0.3, -0.25) is 0 Å². The Bertz CT molecular complexity index is 324. The third kappa shape index (κ3) is 1.51. The van der Waals surface area contributed by atoms with Crippen LogP contribution in [0.25, 0.3) is 0 Å². The number of hydrogen-bond acceptors (Lipinski definition) is 1. The van der Waals surface area contributed by atoms with Gasteiger partial charge >= 0.3 is 0 Å². The summed E-state index contributed by atoms with van der Waals surface area (Å²) < 4.78 is 0. The number of nitrogens with one attached hydrogen (secondary N) is 1. The highest BCUT2D eigenvalue weighted by atomic mass is 79.9. The molecule has 0 radical (unpaired) electrons. The van der Waals surface area contributed by atoms with E-state index in [9.17, 15) is 0 Å². The Hall–Kier alpha value is -0.340. The number of hydrogen-bond donors (Lipinski definition) is 1. The van der Waals surface area contributed by atoms with Crippen molar-refractivity contribution in [3.05, 3.63) is 35.4 Å². The molecule has 3 rings (SSSR count). The Morgan fingerprint density at radius 2 is 2.00 bits per heavy atom. The lowest BCUT2D eigenvalue weighted by Crippen LogP contribution is -2.30. The van der Waals surface area contributed by atoms with Crippen LogP contribution in [0.3, 0.4) is 0 Å². The molecule has 0 spiro atoms. The molecule has 0 saturated carbocycles. The average molecular weight is 254 g/mol. The van der Waals surface area contributed by atoms with Gasteiger partial charge in [-0.15, -0.1) is 17.0 Å². The molecule has 1 aromatic rings. The summed E-state index contributed by atoms with van der Waals surface area (Å²) in [5.41, 5.74) is 3.20. The summed E-state index contributed by atoms with van der Waals surface area (Å²) in [4.78, 5) is 0. The zero-order chi connectivity index (χ0) is 8.67. The lowest BCUT2D eigenvalue weighted by molar-refractivity contribution is 0.481. The Kier molecular flexibility index (Phi) is 2.93. The number of aryl methyl sites for hydroxylation is 1. The zero-order valence-electron chi connectivity index (χ0n) is 8.20. The first-order chi connectivity index (χ1) is 6.45. The van der Waals surface area contributed by atoms with Gasteiger partial charge in [0.05, 0.1) is 0 Å². The fourth-order valence-electron chi connectivity index (χ4n) is 2.88. The molecule has 0 unspecified atom stereocenters. The molecule has 2 heteroatoms. The van der Waals surface area contributed by atoms with Crippen molar-refractivity contribution in [1.29, 1.82) is 0 Å². The van der Waals surface area contributed by atoms with Crippen molar-refractivity contribution in [1.82, 2.24) is 5.32 Å². The number of fused-ring (bicyclic) bond motifs is 3. The van der Waals surface area contributed by atoms with Gasteiger partial charge in [-0.25, -0.2) is 0 Å². The second kappa shape index (κ2) is 4.03. The van der Waals surface area contributed by atoms with Crippen LogP contribution in [0.2, 0.25) is 0 Å². The summed E-state index contributed by atoms with van der Waals surface area (Å²) in [6.45, 7) is 1.21. The lowest BCUT2D eigenvalue weighted by atomic mass is 9.80. The summed E-state index contributed by atoms with van der Waals surface area (Å²) in [5.74, 6) is 0.810. The fraction of sp³-hybridized carbons (Fsp3) is 0.500. The molecule has 1 N–H and O–H groups in total.